The van der Waals surface area contributed by atoms with E-state index < -0.39 is 29.5 Å². The number of nitrogens with zero attached hydrogens (tertiary/aromatic N) is 4. The van der Waals surface area contributed by atoms with Crippen molar-refractivity contribution in [3.8, 4) is 41.0 Å². The molecule has 52 heavy (non-hydrogen) atoms. The van der Waals surface area contributed by atoms with Crippen molar-refractivity contribution in [1.82, 2.24) is 20.2 Å². The van der Waals surface area contributed by atoms with Crippen LogP contribution in [-0.4, -0.2) is 89.6 Å². The molecule has 0 unspecified atom stereocenters. The van der Waals surface area contributed by atoms with Gasteiger partial charge >= 0.3 is 12.0 Å². The first-order valence-electron chi connectivity index (χ1n) is 18.3. The summed E-state index contributed by atoms with van der Waals surface area (Å²) in [4.78, 5) is 27.1. The molecule has 0 spiro atoms. The summed E-state index contributed by atoms with van der Waals surface area (Å²) in [6.07, 6.45) is 9.28. The molecule has 0 amide bonds. The Labute approximate surface area is 301 Å². The Morgan fingerprint density at radius 3 is 2.88 bits per heavy atom. The SMILES string of the molecule is C#Cc1cccc2cc(OC(=O)[C@@H](N)C(C)C)cc(-c3cc4c5c(nc(OC[C@@]67CCCN6C[C@H](F)C7)nc5c3F)N3C[C@H]5CC[C@H](N5)[C@H]3CO4)c12. The predicted octanol–water partition coefficient (Wildman–Crippen LogP) is 5.12. The quantitative estimate of drug-likeness (QED) is 0.153. The second kappa shape index (κ2) is 12.5. The Morgan fingerprint density at radius 1 is 1.19 bits per heavy atom. The van der Waals surface area contributed by atoms with Crippen LogP contribution < -0.4 is 30.2 Å². The number of rotatable bonds is 7. The van der Waals surface area contributed by atoms with E-state index in [-0.39, 0.29) is 53.5 Å². The van der Waals surface area contributed by atoms with Crippen LogP contribution in [0.3, 0.4) is 0 Å². The van der Waals surface area contributed by atoms with Crippen LogP contribution in [0.4, 0.5) is 14.6 Å². The van der Waals surface area contributed by atoms with Gasteiger partial charge in [-0.3, -0.25) is 4.90 Å². The van der Waals surface area contributed by atoms with E-state index in [9.17, 15) is 9.18 Å². The number of benzene rings is 3. The van der Waals surface area contributed by atoms with Gasteiger partial charge in [0.05, 0.1) is 17.0 Å². The summed E-state index contributed by atoms with van der Waals surface area (Å²) in [6, 6.07) is 10.1. The molecule has 4 aromatic rings. The summed E-state index contributed by atoms with van der Waals surface area (Å²) >= 11 is 0. The fraction of sp³-hybridized carbons (Fsp3) is 0.475. The molecule has 6 heterocycles. The minimum absolute atomic E-state index is 0.0408. The van der Waals surface area contributed by atoms with Crippen molar-refractivity contribution in [2.24, 2.45) is 11.7 Å². The first kappa shape index (κ1) is 33.3. The molecule has 0 radical (unpaired) electrons. The third-order valence-corrected chi connectivity index (χ3v) is 11.9. The largest absolute Gasteiger partial charge is 0.491 e. The summed E-state index contributed by atoms with van der Waals surface area (Å²) in [5.74, 6) is 2.59. The van der Waals surface area contributed by atoms with Crippen molar-refractivity contribution in [3.05, 3.63) is 47.8 Å². The van der Waals surface area contributed by atoms with Crippen LogP contribution in [0.2, 0.25) is 0 Å². The molecule has 9 rings (SSSR count). The van der Waals surface area contributed by atoms with Crippen LogP contribution in [0.25, 0.3) is 32.8 Å². The number of nitrogens with one attached hydrogen (secondary N) is 1. The monoisotopic (exact) mass is 708 g/mol. The topological polar surface area (TPSA) is 115 Å². The van der Waals surface area contributed by atoms with E-state index in [1.165, 1.54) is 0 Å². The summed E-state index contributed by atoms with van der Waals surface area (Å²) in [5.41, 5.74) is 6.88. The highest BCUT2D eigenvalue weighted by molar-refractivity contribution is 6.06. The first-order valence-corrected chi connectivity index (χ1v) is 18.3. The average Bonchev–Trinajstić information content (AvgIpc) is 3.77. The second-order valence-corrected chi connectivity index (χ2v) is 15.4. The zero-order valence-electron chi connectivity index (χ0n) is 29.3. The van der Waals surface area contributed by atoms with Gasteiger partial charge in [0.2, 0.25) is 0 Å². The van der Waals surface area contributed by atoms with Crippen molar-refractivity contribution in [2.45, 2.75) is 81.8 Å². The lowest BCUT2D eigenvalue weighted by atomic mass is 9.93. The normalized spacial score (nSPS) is 26.9. The molecule has 0 aliphatic carbocycles. The van der Waals surface area contributed by atoms with E-state index in [0.717, 1.165) is 32.2 Å². The first-order chi connectivity index (χ1) is 25.1. The van der Waals surface area contributed by atoms with Gasteiger partial charge in [0.1, 0.15) is 48.3 Å². The lowest BCUT2D eigenvalue weighted by Crippen LogP contribution is -2.60. The number of anilines is 1. The molecule has 10 nitrogen and oxygen atoms in total. The van der Waals surface area contributed by atoms with Gasteiger partial charge in [0.25, 0.3) is 0 Å². The molecule has 6 atom stereocenters. The summed E-state index contributed by atoms with van der Waals surface area (Å²) < 4.78 is 50.9. The number of fused-ring (bicyclic) bond motifs is 7. The lowest BCUT2D eigenvalue weighted by molar-refractivity contribution is -0.136. The van der Waals surface area contributed by atoms with Crippen molar-refractivity contribution in [3.63, 3.8) is 0 Å². The van der Waals surface area contributed by atoms with Crippen LogP contribution in [-0.2, 0) is 4.79 Å². The lowest BCUT2D eigenvalue weighted by Gasteiger charge is -2.40. The molecule has 2 bridgehead atoms. The van der Waals surface area contributed by atoms with Crippen LogP contribution in [0.1, 0.15) is 51.5 Å². The smallest absolute Gasteiger partial charge is 0.328 e. The van der Waals surface area contributed by atoms with Gasteiger partial charge in [-0.25, -0.2) is 13.6 Å². The van der Waals surface area contributed by atoms with Crippen molar-refractivity contribution in [2.75, 3.05) is 37.7 Å². The van der Waals surface area contributed by atoms with Gasteiger partial charge < -0.3 is 30.2 Å². The fourth-order valence-electron chi connectivity index (χ4n) is 9.20. The molecule has 4 fully saturated rings. The predicted molar refractivity (Wildman–Crippen MR) is 194 cm³/mol. The molecular weight excluding hydrogens is 666 g/mol. The molecular formula is C40H42F2N6O4. The van der Waals surface area contributed by atoms with Crippen molar-refractivity contribution in [1.29, 1.82) is 0 Å². The van der Waals surface area contributed by atoms with Gasteiger partial charge in [0.15, 0.2) is 5.82 Å². The van der Waals surface area contributed by atoms with Gasteiger partial charge in [-0.2, -0.15) is 9.97 Å². The molecule has 3 aromatic carbocycles. The Morgan fingerprint density at radius 2 is 2.06 bits per heavy atom. The van der Waals surface area contributed by atoms with E-state index in [1.807, 2.05) is 26.0 Å². The number of hydrogen-bond acceptors (Lipinski definition) is 10. The van der Waals surface area contributed by atoms with Gasteiger partial charge in [-0.05, 0) is 73.4 Å². The van der Waals surface area contributed by atoms with E-state index in [2.05, 4.69) is 21.0 Å². The molecule has 12 heteroatoms. The Bertz CT molecular complexity index is 2160. The maximum absolute atomic E-state index is 17.5. The number of carbonyl (C=O) groups excluding carboxylic acids is 1. The van der Waals surface area contributed by atoms with Crippen molar-refractivity contribution < 1.29 is 27.8 Å². The van der Waals surface area contributed by atoms with Crippen molar-refractivity contribution >= 4 is 33.5 Å². The number of piperazine rings is 1. The molecule has 270 valence electrons. The summed E-state index contributed by atoms with van der Waals surface area (Å²) in [6.45, 7) is 6.14. The van der Waals surface area contributed by atoms with Gasteiger partial charge in [-0.1, -0.05) is 31.9 Å². The fourth-order valence-corrected chi connectivity index (χ4v) is 9.20. The highest BCUT2D eigenvalue weighted by Gasteiger charge is 2.50. The van der Waals surface area contributed by atoms with Crippen LogP contribution in [0, 0.1) is 24.1 Å². The zero-order chi connectivity index (χ0) is 35.9. The number of carbonyl (C=O) groups is 1. The van der Waals surface area contributed by atoms with E-state index >= 15 is 4.39 Å². The highest BCUT2D eigenvalue weighted by Crippen LogP contribution is 2.47. The van der Waals surface area contributed by atoms with E-state index in [0.29, 0.717) is 65.0 Å². The van der Waals surface area contributed by atoms with Crippen LogP contribution >= 0.6 is 0 Å². The molecule has 4 saturated heterocycles. The van der Waals surface area contributed by atoms with Crippen LogP contribution in [0.5, 0.6) is 17.5 Å². The standard InChI is InChI=1S/C40H42F2N6O4/c1-4-22-7-5-8-23-13-26(52-38(49)35(43)21(2)3)14-27(32(22)23)28-15-31-33-36(34(28)42)45-39(51-20-40-11-6-12-47(40)17-24(41)16-40)46-37(33)48-18-25-9-10-29(44-25)30(48)19-50-31/h1,5,7-8,13-15,21,24-25,29-30,35,44H,6,9-12,16-20,43H2,2-3H3/t24-,25-,29+,30-,35+,40+/m1/s1. The van der Waals surface area contributed by atoms with Gasteiger partial charge in [0, 0.05) is 48.1 Å². The Balaban J connectivity index is 1.22. The Kier molecular flexibility index (Phi) is 8.02. The third kappa shape index (κ3) is 5.35. The number of hydrogen-bond donors (Lipinski definition) is 2. The number of alkyl halides is 1. The summed E-state index contributed by atoms with van der Waals surface area (Å²) in [7, 11) is 0. The molecule has 1 aromatic heterocycles. The summed E-state index contributed by atoms with van der Waals surface area (Å²) in [5, 5.41) is 5.46. The molecule has 3 N–H and O–H groups in total. The molecule has 5 aliphatic heterocycles. The minimum atomic E-state index is -0.915. The molecule has 5 aliphatic rings. The zero-order valence-corrected chi connectivity index (χ0v) is 29.3. The number of nitrogens with two attached hydrogens (primary N) is 1. The van der Waals surface area contributed by atoms with Gasteiger partial charge in [-0.15, -0.1) is 6.42 Å². The maximum Gasteiger partial charge on any atom is 0.328 e. The third-order valence-electron chi connectivity index (χ3n) is 11.9. The molecule has 0 saturated carbocycles. The number of ether oxygens (including phenoxy) is 3. The second-order valence-electron chi connectivity index (χ2n) is 15.4. The van der Waals surface area contributed by atoms with E-state index in [4.69, 9.17) is 36.3 Å². The highest BCUT2D eigenvalue weighted by atomic mass is 19.1. The maximum atomic E-state index is 17.5. The Hall–Kier alpha value is -4.57. The number of terminal acetylenes is 1. The van der Waals surface area contributed by atoms with Crippen LogP contribution in [0.15, 0.2) is 36.4 Å². The number of halogens is 2. The number of esters is 1. The average molecular weight is 709 g/mol. The minimum Gasteiger partial charge on any atom is -0.491 e. The van der Waals surface area contributed by atoms with E-state index in [1.54, 1.807) is 24.3 Å². The number of aromatic nitrogens is 2.